The van der Waals surface area contributed by atoms with Crippen LogP contribution >= 0.6 is 0 Å². The van der Waals surface area contributed by atoms with E-state index >= 15 is 0 Å². The van der Waals surface area contributed by atoms with Crippen LogP contribution in [-0.2, 0) is 31.1 Å². The monoisotopic (exact) mass is 399 g/mol. The third-order valence-electron chi connectivity index (χ3n) is 4.06. The van der Waals surface area contributed by atoms with Crippen LogP contribution in [0.5, 0.6) is 0 Å². The molecule has 1 saturated heterocycles. The summed E-state index contributed by atoms with van der Waals surface area (Å²) < 4.78 is 31.8. The Morgan fingerprint density at radius 2 is 1.89 bits per heavy atom. The number of amides is 1. The summed E-state index contributed by atoms with van der Waals surface area (Å²) in [6, 6.07) is 4.88. The molecule has 10 nitrogen and oxygen atoms in total. The lowest BCUT2D eigenvalue weighted by molar-refractivity contribution is -0.141. The number of rotatable bonds is 7. The molecule has 1 aliphatic heterocycles. The highest BCUT2D eigenvalue weighted by atomic mass is 32.2. The van der Waals surface area contributed by atoms with Gasteiger partial charge in [0.05, 0.1) is 12.7 Å². The van der Waals surface area contributed by atoms with Gasteiger partial charge in [-0.25, -0.2) is 9.52 Å². The Morgan fingerprint density at radius 3 is 2.37 bits per heavy atom. The number of carbonyl (C=O) groups excluding carboxylic acids is 2. The van der Waals surface area contributed by atoms with Crippen LogP contribution in [0.4, 0.5) is 0 Å². The molecular weight excluding hydrogens is 378 g/mol. The molecule has 1 amide bonds. The van der Waals surface area contributed by atoms with Crippen molar-refractivity contribution in [1.82, 2.24) is 14.3 Å². The van der Waals surface area contributed by atoms with Crippen molar-refractivity contribution in [2.75, 3.05) is 7.11 Å². The Balaban J connectivity index is 2.26. The number of aliphatic carboxylic acids is 1. The maximum absolute atomic E-state index is 12.3. The molecule has 1 aliphatic rings. The maximum atomic E-state index is 12.3. The van der Waals surface area contributed by atoms with E-state index in [9.17, 15) is 27.9 Å². The molecule has 148 valence electrons. The number of ether oxygens (including phenoxy) is 1. The first kappa shape index (κ1) is 20.8. The second-order valence-corrected chi connectivity index (χ2v) is 7.96. The summed E-state index contributed by atoms with van der Waals surface area (Å²) in [6.07, 6.45) is -1.36. The minimum absolute atomic E-state index is 0.190. The van der Waals surface area contributed by atoms with Gasteiger partial charge in [0, 0.05) is 6.54 Å². The fraction of sp³-hybridized carbons (Fsp3) is 0.438. The van der Waals surface area contributed by atoms with E-state index in [1.54, 1.807) is 13.8 Å². The van der Waals surface area contributed by atoms with Crippen molar-refractivity contribution < 1.29 is 32.6 Å². The first-order chi connectivity index (χ1) is 12.6. The van der Waals surface area contributed by atoms with E-state index in [0.29, 0.717) is 11.1 Å². The fourth-order valence-corrected chi connectivity index (χ4v) is 3.85. The second-order valence-electron chi connectivity index (χ2n) is 6.33. The third kappa shape index (κ3) is 4.62. The number of nitrogens with zero attached hydrogens (tertiary/aromatic N) is 1. The van der Waals surface area contributed by atoms with Crippen LogP contribution in [0, 0.1) is 5.92 Å². The Hall–Kier alpha value is -2.50. The summed E-state index contributed by atoms with van der Waals surface area (Å²) in [5.41, 5.74) is 0.797. The van der Waals surface area contributed by atoms with Gasteiger partial charge in [-0.3, -0.25) is 14.9 Å². The largest absolute Gasteiger partial charge is 0.480 e. The molecule has 1 fully saturated rings. The van der Waals surface area contributed by atoms with Crippen LogP contribution in [0.25, 0.3) is 0 Å². The van der Waals surface area contributed by atoms with E-state index in [1.165, 1.54) is 31.4 Å². The molecule has 0 unspecified atom stereocenters. The molecule has 0 spiro atoms. The van der Waals surface area contributed by atoms with Gasteiger partial charge in [-0.15, -0.1) is 0 Å². The van der Waals surface area contributed by atoms with Gasteiger partial charge in [-0.05, 0) is 23.6 Å². The third-order valence-corrected chi connectivity index (χ3v) is 5.47. The van der Waals surface area contributed by atoms with Crippen LogP contribution in [0.2, 0.25) is 0 Å². The van der Waals surface area contributed by atoms with Gasteiger partial charge in [-0.1, -0.05) is 26.0 Å². The summed E-state index contributed by atoms with van der Waals surface area (Å²) in [5.74, 6) is -2.95. The lowest BCUT2D eigenvalue weighted by atomic mass is 10.0. The predicted molar refractivity (Wildman–Crippen MR) is 93.6 cm³/mol. The molecule has 2 rings (SSSR count). The normalized spacial score (nSPS) is 20.3. The lowest BCUT2D eigenvalue weighted by Crippen LogP contribution is -2.54. The van der Waals surface area contributed by atoms with E-state index in [-0.39, 0.29) is 12.5 Å². The van der Waals surface area contributed by atoms with Gasteiger partial charge in [-0.2, -0.15) is 12.7 Å². The van der Waals surface area contributed by atoms with Gasteiger partial charge in [0.25, 0.3) is 5.91 Å². The number of benzene rings is 1. The summed E-state index contributed by atoms with van der Waals surface area (Å²) in [7, 11) is -2.88. The van der Waals surface area contributed by atoms with E-state index in [1.807, 2.05) is 4.72 Å². The van der Waals surface area contributed by atoms with E-state index in [4.69, 9.17) is 0 Å². The molecule has 1 aromatic rings. The van der Waals surface area contributed by atoms with Gasteiger partial charge >= 0.3 is 22.1 Å². The number of carbonyl (C=O) groups is 3. The lowest BCUT2D eigenvalue weighted by Gasteiger charge is -2.26. The zero-order valence-electron chi connectivity index (χ0n) is 15.0. The van der Waals surface area contributed by atoms with E-state index in [2.05, 4.69) is 10.1 Å². The molecule has 0 saturated carbocycles. The van der Waals surface area contributed by atoms with Crippen LogP contribution in [0.1, 0.15) is 29.8 Å². The molecule has 0 aromatic heterocycles. The van der Waals surface area contributed by atoms with Gasteiger partial charge in [0.1, 0.15) is 6.04 Å². The maximum Gasteiger partial charge on any atom is 0.337 e. The van der Waals surface area contributed by atoms with Crippen molar-refractivity contribution in [3.63, 3.8) is 0 Å². The number of esters is 1. The molecule has 1 heterocycles. The minimum Gasteiger partial charge on any atom is -0.480 e. The van der Waals surface area contributed by atoms with Crippen molar-refractivity contribution in [3.8, 4) is 0 Å². The van der Waals surface area contributed by atoms with Crippen molar-refractivity contribution in [1.29, 1.82) is 0 Å². The summed E-state index contributed by atoms with van der Waals surface area (Å²) in [6.45, 7) is 3.09. The number of carboxylic acid groups (broad SMARTS) is 1. The topological polar surface area (TPSA) is 142 Å². The molecule has 11 heteroatoms. The Bertz CT molecular complexity index is 836. The fourth-order valence-electron chi connectivity index (χ4n) is 2.61. The highest BCUT2D eigenvalue weighted by molar-refractivity contribution is 7.88. The molecular formula is C16H21N3O7S. The molecule has 2 atom stereocenters. The minimum atomic E-state index is -4.13. The Morgan fingerprint density at radius 1 is 1.30 bits per heavy atom. The van der Waals surface area contributed by atoms with Crippen molar-refractivity contribution in [2.45, 2.75) is 32.6 Å². The van der Waals surface area contributed by atoms with Crippen LogP contribution in [-0.4, -0.2) is 55.0 Å². The van der Waals surface area contributed by atoms with E-state index < -0.39 is 40.3 Å². The first-order valence-corrected chi connectivity index (χ1v) is 9.50. The molecule has 0 radical (unpaired) electrons. The van der Waals surface area contributed by atoms with Crippen LogP contribution in [0.15, 0.2) is 24.3 Å². The second kappa shape index (κ2) is 8.03. The predicted octanol–water partition coefficient (Wildman–Crippen LogP) is -0.325. The quantitative estimate of drug-likeness (QED) is 0.529. The zero-order valence-corrected chi connectivity index (χ0v) is 15.8. The Kier molecular flexibility index (Phi) is 6.19. The molecule has 0 aliphatic carbocycles. The van der Waals surface area contributed by atoms with Gasteiger partial charge < -0.3 is 9.84 Å². The van der Waals surface area contributed by atoms with Crippen molar-refractivity contribution in [3.05, 3.63) is 35.4 Å². The summed E-state index contributed by atoms with van der Waals surface area (Å²) in [4.78, 5) is 35.0. The SMILES string of the molecule is COC(=O)c1ccc(CN2[C@@H](N[C@H](C(=O)O)C(C)C)C(=O)NS2(=O)=O)cc1. The first-order valence-electron chi connectivity index (χ1n) is 8.06. The number of hydrogen-bond donors (Lipinski definition) is 3. The number of methoxy groups -OCH3 is 1. The van der Waals surface area contributed by atoms with Gasteiger partial charge in [0.15, 0.2) is 6.17 Å². The smallest absolute Gasteiger partial charge is 0.337 e. The highest BCUT2D eigenvalue weighted by Gasteiger charge is 2.45. The Labute approximate surface area is 156 Å². The van der Waals surface area contributed by atoms with E-state index in [0.717, 1.165) is 4.31 Å². The summed E-state index contributed by atoms with van der Waals surface area (Å²) in [5, 5.41) is 11.9. The molecule has 27 heavy (non-hydrogen) atoms. The van der Waals surface area contributed by atoms with Crippen molar-refractivity contribution in [2.24, 2.45) is 5.92 Å². The standard InChI is InChI=1S/C16H21N3O7S/c1-9(2)12(15(21)22)17-13-14(20)18-27(24,25)19(13)8-10-4-6-11(7-5-10)16(23)26-3/h4-7,9,12-13,17H,8H2,1-3H3,(H,18,20)(H,21,22)/t12-,13+/m0/s1. The molecule has 1 aromatic carbocycles. The number of carboxylic acids is 1. The average Bonchev–Trinajstić information content (AvgIpc) is 2.80. The summed E-state index contributed by atoms with van der Waals surface area (Å²) >= 11 is 0. The highest BCUT2D eigenvalue weighted by Crippen LogP contribution is 2.19. The van der Waals surface area contributed by atoms with Crippen LogP contribution < -0.4 is 10.0 Å². The van der Waals surface area contributed by atoms with Crippen molar-refractivity contribution >= 4 is 28.1 Å². The number of hydrogen-bond acceptors (Lipinski definition) is 7. The molecule has 0 bridgehead atoms. The molecule has 3 N–H and O–H groups in total. The van der Waals surface area contributed by atoms with Crippen LogP contribution in [0.3, 0.4) is 0 Å². The number of nitrogens with one attached hydrogen (secondary N) is 2. The van der Waals surface area contributed by atoms with Gasteiger partial charge in [0.2, 0.25) is 0 Å². The average molecular weight is 399 g/mol. The zero-order chi connectivity index (χ0) is 20.4.